The van der Waals surface area contributed by atoms with Crippen molar-refractivity contribution in [2.75, 3.05) is 22.8 Å². The van der Waals surface area contributed by atoms with Gasteiger partial charge in [0.05, 0.1) is 21.2 Å². The van der Waals surface area contributed by atoms with Gasteiger partial charge in [0.1, 0.15) is 18.9 Å². The fourth-order valence-electron chi connectivity index (χ4n) is 3.05. The number of carbonyl (C=O) groups excluding carboxylic acids is 1. The van der Waals surface area contributed by atoms with E-state index in [1.54, 1.807) is 24.3 Å². The number of anilines is 2. The van der Waals surface area contributed by atoms with Crippen LogP contribution in [0.25, 0.3) is 0 Å². The molecule has 1 N–H and O–H groups in total. The largest absolute Gasteiger partial charge is 0.489 e. The maximum atomic E-state index is 13.4. The van der Waals surface area contributed by atoms with E-state index >= 15 is 0 Å². The molecule has 6 nitrogen and oxygen atoms in total. The van der Waals surface area contributed by atoms with Crippen LogP contribution in [0.5, 0.6) is 5.75 Å². The molecular weight excluding hydrogens is 505 g/mol. The molecule has 3 aromatic rings. The van der Waals surface area contributed by atoms with Crippen molar-refractivity contribution < 1.29 is 31.1 Å². The van der Waals surface area contributed by atoms with Crippen molar-refractivity contribution in [3.8, 4) is 5.75 Å². The summed E-state index contributed by atoms with van der Waals surface area (Å²) in [7, 11) is -4.46. The Morgan fingerprint density at radius 2 is 1.77 bits per heavy atom. The molecule has 0 unspecified atom stereocenters. The van der Waals surface area contributed by atoms with Crippen LogP contribution in [0, 0.1) is 0 Å². The number of ether oxygens (including phenoxy) is 1. The van der Waals surface area contributed by atoms with Crippen LogP contribution < -0.4 is 14.4 Å². The van der Waals surface area contributed by atoms with E-state index in [-0.39, 0.29) is 16.5 Å². The predicted molar refractivity (Wildman–Crippen MR) is 128 cm³/mol. The van der Waals surface area contributed by atoms with E-state index in [1.165, 1.54) is 36.4 Å². The number of carbonyl (C=O) groups is 1. The monoisotopic (exact) mass is 524 g/mol. The third kappa shape index (κ3) is 6.55. The Bertz CT molecular complexity index is 1320. The molecule has 0 aliphatic rings. The number of alkyl halides is 3. The minimum absolute atomic E-state index is 0.221. The standard InChI is InChI=1S/C24H20ClF3N2O4S/c1-2-13-34-19-8-6-7-18(15-19)29-23(31)16-30(35(32,33)20-9-4-3-5-10-20)22-14-17(24(26,27)28)11-12-21(22)25/h2-12,14-15H,1,13,16H2,(H,29,31). The van der Waals surface area contributed by atoms with Gasteiger partial charge in [0.2, 0.25) is 5.91 Å². The van der Waals surface area contributed by atoms with Crippen LogP contribution in [0.2, 0.25) is 5.02 Å². The van der Waals surface area contributed by atoms with Crippen LogP contribution in [-0.2, 0) is 21.0 Å². The maximum Gasteiger partial charge on any atom is 0.416 e. The van der Waals surface area contributed by atoms with E-state index in [0.29, 0.717) is 21.8 Å². The predicted octanol–water partition coefficient (Wildman–Crippen LogP) is 5.76. The van der Waals surface area contributed by atoms with Gasteiger partial charge in [0.15, 0.2) is 0 Å². The molecule has 0 aliphatic carbocycles. The average Bonchev–Trinajstić information content (AvgIpc) is 2.81. The number of hydrogen-bond acceptors (Lipinski definition) is 4. The Kier molecular flexibility index (Phi) is 8.08. The van der Waals surface area contributed by atoms with E-state index in [2.05, 4.69) is 11.9 Å². The molecule has 0 spiro atoms. The van der Waals surface area contributed by atoms with Gasteiger partial charge in [-0.15, -0.1) is 0 Å². The molecule has 184 valence electrons. The van der Waals surface area contributed by atoms with Gasteiger partial charge in [0.25, 0.3) is 10.0 Å². The summed E-state index contributed by atoms with van der Waals surface area (Å²) < 4.78 is 72.8. The molecule has 0 bridgehead atoms. The summed E-state index contributed by atoms with van der Waals surface area (Å²) in [5.74, 6) is -0.378. The summed E-state index contributed by atoms with van der Waals surface area (Å²) in [4.78, 5) is 12.6. The van der Waals surface area contributed by atoms with E-state index in [9.17, 15) is 26.4 Å². The molecule has 3 rings (SSSR count). The molecule has 0 heterocycles. The van der Waals surface area contributed by atoms with Crippen LogP contribution in [0.15, 0.2) is 90.3 Å². The summed E-state index contributed by atoms with van der Waals surface area (Å²) in [6.45, 7) is 2.94. The smallest absolute Gasteiger partial charge is 0.416 e. The Morgan fingerprint density at radius 1 is 1.06 bits per heavy atom. The molecule has 0 aliphatic heterocycles. The Balaban J connectivity index is 1.99. The lowest BCUT2D eigenvalue weighted by Crippen LogP contribution is -2.38. The third-order valence-corrected chi connectivity index (χ3v) is 6.74. The van der Waals surface area contributed by atoms with Crippen molar-refractivity contribution in [1.29, 1.82) is 0 Å². The van der Waals surface area contributed by atoms with Crippen LogP contribution in [0.1, 0.15) is 5.56 Å². The lowest BCUT2D eigenvalue weighted by atomic mass is 10.2. The molecule has 0 atom stereocenters. The van der Waals surface area contributed by atoms with E-state index in [0.717, 1.165) is 12.1 Å². The van der Waals surface area contributed by atoms with Crippen molar-refractivity contribution in [3.05, 3.63) is 96.0 Å². The first-order chi connectivity index (χ1) is 16.5. The molecule has 0 fully saturated rings. The van der Waals surface area contributed by atoms with Gasteiger partial charge in [-0.2, -0.15) is 13.2 Å². The van der Waals surface area contributed by atoms with Crippen molar-refractivity contribution in [2.24, 2.45) is 0 Å². The van der Waals surface area contributed by atoms with Crippen molar-refractivity contribution >= 4 is 38.9 Å². The SMILES string of the molecule is C=CCOc1cccc(NC(=O)CN(c2cc(C(F)(F)F)ccc2Cl)S(=O)(=O)c2ccccc2)c1. The van der Waals surface area contributed by atoms with Gasteiger partial charge in [-0.3, -0.25) is 9.10 Å². The minimum atomic E-state index is -4.75. The van der Waals surface area contributed by atoms with Crippen LogP contribution in [-0.4, -0.2) is 27.5 Å². The third-order valence-electron chi connectivity index (χ3n) is 4.65. The zero-order chi connectivity index (χ0) is 25.6. The minimum Gasteiger partial charge on any atom is -0.489 e. The number of sulfonamides is 1. The van der Waals surface area contributed by atoms with E-state index in [1.807, 2.05) is 0 Å². The molecule has 35 heavy (non-hydrogen) atoms. The highest BCUT2D eigenvalue weighted by Crippen LogP contribution is 2.37. The highest BCUT2D eigenvalue weighted by Gasteiger charge is 2.34. The van der Waals surface area contributed by atoms with Gasteiger partial charge in [-0.05, 0) is 42.5 Å². The molecule has 1 amide bonds. The maximum absolute atomic E-state index is 13.4. The summed E-state index contributed by atoms with van der Waals surface area (Å²) in [6.07, 6.45) is -3.22. The second kappa shape index (κ2) is 10.8. The first-order valence-electron chi connectivity index (χ1n) is 10.1. The quantitative estimate of drug-likeness (QED) is 0.361. The van der Waals surface area contributed by atoms with Crippen molar-refractivity contribution in [2.45, 2.75) is 11.1 Å². The molecule has 11 heteroatoms. The first kappa shape index (κ1) is 26.1. The van der Waals surface area contributed by atoms with Gasteiger partial charge in [-0.1, -0.05) is 48.5 Å². The van der Waals surface area contributed by atoms with E-state index < -0.39 is 39.9 Å². The Morgan fingerprint density at radius 3 is 2.43 bits per heavy atom. The first-order valence-corrected chi connectivity index (χ1v) is 11.9. The summed E-state index contributed by atoms with van der Waals surface area (Å²) in [5.41, 5.74) is -1.30. The zero-order valence-corrected chi connectivity index (χ0v) is 19.7. The lowest BCUT2D eigenvalue weighted by Gasteiger charge is -2.26. The van der Waals surface area contributed by atoms with E-state index in [4.69, 9.17) is 16.3 Å². The molecule has 0 aromatic heterocycles. The van der Waals surface area contributed by atoms with Crippen LogP contribution >= 0.6 is 11.6 Å². The lowest BCUT2D eigenvalue weighted by molar-refractivity contribution is -0.137. The van der Waals surface area contributed by atoms with Gasteiger partial charge >= 0.3 is 6.18 Å². The Hall–Kier alpha value is -3.50. The fourth-order valence-corrected chi connectivity index (χ4v) is 4.77. The van der Waals surface area contributed by atoms with Crippen molar-refractivity contribution in [3.63, 3.8) is 0 Å². The number of benzene rings is 3. The number of hydrogen-bond donors (Lipinski definition) is 1. The van der Waals surface area contributed by atoms with Gasteiger partial charge in [0, 0.05) is 11.8 Å². The zero-order valence-electron chi connectivity index (χ0n) is 18.1. The Labute approximate surface area is 205 Å². The molecule has 0 radical (unpaired) electrons. The average molecular weight is 525 g/mol. The summed E-state index contributed by atoms with van der Waals surface area (Å²) >= 11 is 6.12. The highest BCUT2D eigenvalue weighted by atomic mass is 35.5. The topological polar surface area (TPSA) is 75.7 Å². The summed E-state index contributed by atoms with van der Waals surface area (Å²) in [5, 5.41) is 2.26. The number of halogens is 4. The van der Waals surface area contributed by atoms with Gasteiger partial charge < -0.3 is 10.1 Å². The summed E-state index contributed by atoms with van der Waals surface area (Å²) in [6, 6.07) is 15.6. The van der Waals surface area contributed by atoms with Crippen LogP contribution in [0.4, 0.5) is 24.5 Å². The number of nitrogens with zero attached hydrogens (tertiary/aromatic N) is 1. The number of nitrogens with one attached hydrogen (secondary N) is 1. The normalized spacial score (nSPS) is 11.5. The highest BCUT2D eigenvalue weighted by molar-refractivity contribution is 7.92. The second-order valence-corrected chi connectivity index (χ2v) is 9.43. The number of rotatable bonds is 9. The van der Waals surface area contributed by atoms with Gasteiger partial charge in [-0.25, -0.2) is 8.42 Å². The molecule has 0 saturated carbocycles. The number of amides is 1. The van der Waals surface area contributed by atoms with Crippen molar-refractivity contribution in [1.82, 2.24) is 0 Å². The van der Waals surface area contributed by atoms with Crippen LogP contribution in [0.3, 0.4) is 0 Å². The fraction of sp³-hybridized carbons (Fsp3) is 0.125. The molecule has 0 saturated heterocycles. The second-order valence-electron chi connectivity index (χ2n) is 7.16. The molecule has 3 aromatic carbocycles. The molecular formula is C24H20ClF3N2O4S.